The predicted octanol–water partition coefficient (Wildman–Crippen LogP) is 7.64. The molecule has 1 aliphatic carbocycles. The minimum absolute atomic E-state index is 0.726. The van der Waals surface area contributed by atoms with Crippen molar-refractivity contribution in [3.05, 3.63) is 60.5 Å². The zero-order valence-corrected chi connectivity index (χ0v) is 17.0. The summed E-state index contributed by atoms with van der Waals surface area (Å²) in [5.74, 6) is 1.72. The fourth-order valence-corrected chi connectivity index (χ4v) is 3.92. The summed E-state index contributed by atoms with van der Waals surface area (Å²) in [4.78, 5) is 0. The van der Waals surface area contributed by atoms with Gasteiger partial charge in [-0.05, 0) is 79.7 Å². The Kier molecular flexibility index (Phi) is 8.27. The van der Waals surface area contributed by atoms with Crippen molar-refractivity contribution >= 4 is 0 Å². The lowest BCUT2D eigenvalue weighted by atomic mass is 9.90. The predicted molar refractivity (Wildman–Crippen MR) is 116 cm³/mol. The molecule has 1 aliphatic rings. The van der Waals surface area contributed by atoms with Gasteiger partial charge in [0.05, 0.1) is 6.61 Å². The summed E-state index contributed by atoms with van der Waals surface area (Å²) in [5.41, 5.74) is 4.02. The molecular formula is C26H35O. The highest BCUT2D eigenvalue weighted by Crippen LogP contribution is 2.26. The van der Waals surface area contributed by atoms with E-state index in [2.05, 4.69) is 61.9 Å². The molecule has 1 fully saturated rings. The molecule has 0 aromatic heterocycles. The Morgan fingerprint density at radius 1 is 0.778 bits per heavy atom. The summed E-state index contributed by atoms with van der Waals surface area (Å²) in [6, 6.07) is 17.7. The molecule has 1 nitrogen and oxygen atoms in total. The standard InChI is InChI=1S/C26H35O/c1-2-3-4-5-7-10-22-13-15-24(16-14-22)25-17-19-26(20-18-25)27-21-23-11-8-6-9-12-23/h6,13-20,23H,2-5,7-12,21H2,1H3. The summed E-state index contributed by atoms with van der Waals surface area (Å²) in [7, 11) is 0. The maximum Gasteiger partial charge on any atom is 0.119 e. The number of benzene rings is 2. The number of aryl methyl sites for hydroxylation is 1. The molecule has 0 bridgehead atoms. The van der Waals surface area contributed by atoms with E-state index < -0.39 is 0 Å². The van der Waals surface area contributed by atoms with Gasteiger partial charge in [-0.1, -0.05) is 69.0 Å². The summed E-state index contributed by atoms with van der Waals surface area (Å²) in [5, 5.41) is 0. The lowest BCUT2D eigenvalue weighted by molar-refractivity contribution is 0.221. The molecule has 1 heteroatoms. The van der Waals surface area contributed by atoms with Crippen molar-refractivity contribution in [1.82, 2.24) is 0 Å². The molecule has 145 valence electrons. The number of hydrogen-bond donors (Lipinski definition) is 0. The lowest BCUT2D eigenvalue weighted by Crippen LogP contribution is -2.15. The highest BCUT2D eigenvalue weighted by Gasteiger charge is 2.14. The van der Waals surface area contributed by atoms with Crippen LogP contribution in [0.2, 0.25) is 0 Å². The molecule has 0 aliphatic heterocycles. The van der Waals surface area contributed by atoms with Gasteiger partial charge >= 0.3 is 0 Å². The first-order valence-corrected chi connectivity index (χ1v) is 11.0. The second kappa shape index (κ2) is 11.2. The number of ether oxygens (including phenoxy) is 1. The molecule has 27 heavy (non-hydrogen) atoms. The molecule has 2 aromatic carbocycles. The van der Waals surface area contributed by atoms with E-state index >= 15 is 0 Å². The van der Waals surface area contributed by atoms with E-state index in [-0.39, 0.29) is 0 Å². The van der Waals surface area contributed by atoms with E-state index in [0.717, 1.165) is 18.3 Å². The van der Waals surface area contributed by atoms with Crippen molar-refractivity contribution in [2.75, 3.05) is 6.61 Å². The Bertz CT molecular complexity index is 635. The topological polar surface area (TPSA) is 9.23 Å². The Morgan fingerprint density at radius 2 is 1.41 bits per heavy atom. The molecule has 0 unspecified atom stereocenters. The van der Waals surface area contributed by atoms with Gasteiger partial charge in [0.2, 0.25) is 0 Å². The van der Waals surface area contributed by atoms with Crippen LogP contribution in [0.1, 0.15) is 70.3 Å². The van der Waals surface area contributed by atoms with Crippen molar-refractivity contribution in [1.29, 1.82) is 0 Å². The monoisotopic (exact) mass is 363 g/mol. The van der Waals surface area contributed by atoms with Gasteiger partial charge in [-0.15, -0.1) is 0 Å². The van der Waals surface area contributed by atoms with Crippen LogP contribution in [0.25, 0.3) is 11.1 Å². The van der Waals surface area contributed by atoms with Crippen LogP contribution in [0, 0.1) is 12.3 Å². The Balaban J connectivity index is 1.46. The summed E-state index contributed by atoms with van der Waals surface area (Å²) in [6.07, 6.45) is 15.4. The average molecular weight is 364 g/mol. The first-order chi connectivity index (χ1) is 13.3. The Morgan fingerprint density at radius 3 is 2.07 bits per heavy atom. The molecule has 0 N–H and O–H groups in total. The van der Waals surface area contributed by atoms with Crippen LogP contribution in [-0.4, -0.2) is 6.61 Å². The third-order valence-electron chi connectivity index (χ3n) is 5.75. The van der Waals surface area contributed by atoms with Gasteiger partial charge in [-0.2, -0.15) is 0 Å². The van der Waals surface area contributed by atoms with Crippen molar-refractivity contribution in [2.45, 2.75) is 71.1 Å². The summed E-state index contributed by atoms with van der Waals surface area (Å²) in [6.45, 7) is 3.13. The smallest absolute Gasteiger partial charge is 0.119 e. The largest absolute Gasteiger partial charge is 0.493 e. The van der Waals surface area contributed by atoms with Gasteiger partial charge in [0.25, 0.3) is 0 Å². The lowest BCUT2D eigenvalue weighted by Gasteiger charge is -2.21. The number of unbranched alkanes of at least 4 members (excludes halogenated alkanes) is 4. The minimum Gasteiger partial charge on any atom is -0.493 e. The van der Waals surface area contributed by atoms with E-state index in [1.165, 1.54) is 80.9 Å². The van der Waals surface area contributed by atoms with Gasteiger partial charge in [0.15, 0.2) is 0 Å². The molecule has 0 heterocycles. The molecule has 3 rings (SSSR count). The molecule has 0 atom stereocenters. The normalized spacial score (nSPS) is 15.0. The second-order valence-electron chi connectivity index (χ2n) is 8.01. The van der Waals surface area contributed by atoms with E-state index in [4.69, 9.17) is 4.74 Å². The second-order valence-corrected chi connectivity index (χ2v) is 8.01. The third-order valence-corrected chi connectivity index (χ3v) is 5.75. The van der Waals surface area contributed by atoms with E-state index in [1.54, 1.807) is 0 Å². The minimum atomic E-state index is 0.726. The highest BCUT2D eigenvalue weighted by molar-refractivity contribution is 5.64. The van der Waals surface area contributed by atoms with Gasteiger partial charge in [0.1, 0.15) is 5.75 Å². The maximum absolute atomic E-state index is 6.01. The Labute approximate surface area is 166 Å². The van der Waals surface area contributed by atoms with Gasteiger partial charge in [-0.25, -0.2) is 0 Å². The zero-order chi connectivity index (χ0) is 18.7. The molecular weight excluding hydrogens is 328 g/mol. The summed E-state index contributed by atoms with van der Waals surface area (Å²) >= 11 is 0. The average Bonchev–Trinajstić information content (AvgIpc) is 2.74. The first-order valence-electron chi connectivity index (χ1n) is 11.0. The van der Waals surface area contributed by atoms with Crippen LogP contribution in [0.4, 0.5) is 0 Å². The fraction of sp³-hybridized carbons (Fsp3) is 0.500. The van der Waals surface area contributed by atoms with Crippen LogP contribution in [0.5, 0.6) is 5.75 Å². The van der Waals surface area contributed by atoms with Crippen molar-refractivity contribution in [3.8, 4) is 16.9 Å². The van der Waals surface area contributed by atoms with Crippen LogP contribution in [0.3, 0.4) is 0 Å². The quantitative estimate of drug-likeness (QED) is 0.394. The zero-order valence-electron chi connectivity index (χ0n) is 17.0. The van der Waals surface area contributed by atoms with Crippen molar-refractivity contribution < 1.29 is 4.74 Å². The van der Waals surface area contributed by atoms with Gasteiger partial charge in [-0.3, -0.25) is 0 Å². The molecule has 0 amide bonds. The third kappa shape index (κ3) is 6.72. The molecule has 2 aromatic rings. The fourth-order valence-electron chi connectivity index (χ4n) is 3.92. The van der Waals surface area contributed by atoms with Crippen molar-refractivity contribution in [2.24, 2.45) is 5.92 Å². The Hall–Kier alpha value is -1.76. The van der Waals surface area contributed by atoms with Gasteiger partial charge in [0, 0.05) is 0 Å². The van der Waals surface area contributed by atoms with Crippen LogP contribution < -0.4 is 4.74 Å². The van der Waals surface area contributed by atoms with E-state index in [9.17, 15) is 0 Å². The molecule has 0 spiro atoms. The maximum atomic E-state index is 6.01. The van der Waals surface area contributed by atoms with Crippen molar-refractivity contribution in [3.63, 3.8) is 0 Å². The van der Waals surface area contributed by atoms with E-state index in [1.807, 2.05) is 0 Å². The highest BCUT2D eigenvalue weighted by atomic mass is 16.5. The van der Waals surface area contributed by atoms with Crippen LogP contribution in [0.15, 0.2) is 48.5 Å². The molecule has 0 saturated heterocycles. The first kappa shape index (κ1) is 20.0. The number of rotatable bonds is 10. The number of hydrogen-bond acceptors (Lipinski definition) is 1. The van der Waals surface area contributed by atoms with E-state index in [0.29, 0.717) is 0 Å². The molecule has 1 saturated carbocycles. The SMILES string of the molecule is CCCCCCCc1ccc(-c2ccc(OCC3CC[CH]CC3)cc2)cc1. The van der Waals surface area contributed by atoms with Crippen LogP contribution >= 0.6 is 0 Å². The van der Waals surface area contributed by atoms with Crippen LogP contribution in [-0.2, 0) is 6.42 Å². The molecule has 1 radical (unpaired) electrons. The summed E-state index contributed by atoms with van der Waals surface area (Å²) < 4.78 is 6.01. The van der Waals surface area contributed by atoms with Gasteiger partial charge < -0.3 is 4.74 Å².